The molecule has 1 aromatic carbocycles. The van der Waals surface area contributed by atoms with E-state index in [2.05, 4.69) is 9.98 Å². The van der Waals surface area contributed by atoms with Crippen LogP contribution in [0.5, 0.6) is 5.88 Å². The predicted molar refractivity (Wildman–Crippen MR) is 81.3 cm³/mol. The molecule has 102 valence electrons. The molecular formula is C17H12N2O2. The standard InChI is InChI=1S/C17H12N2O2/c20-16-11-7-4-5-9-13(11)18-15(16)14-10-6-2-1-3-8-12(10)19-17(14)21/h1-7,9,19,21H,8H2. The van der Waals surface area contributed by atoms with Gasteiger partial charge in [0.25, 0.3) is 0 Å². The zero-order valence-electron chi connectivity index (χ0n) is 11.1. The van der Waals surface area contributed by atoms with Gasteiger partial charge in [0.15, 0.2) is 5.88 Å². The van der Waals surface area contributed by atoms with E-state index < -0.39 is 0 Å². The third-order valence-corrected chi connectivity index (χ3v) is 3.77. The van der Waals surface area contributed by atoms with Gasteiger partial charge in [-0.2, -0.15) is 0 Å². The second-order valence-electron chi connectivity index (χ2n) is 5.04. The number of carbonyl (C=O) groups excluding carboxylic acids is 1. The Morgan fingerprint density at radius 3 is 2.90 bits per heavy atom. The highest BCUT2D eigenvalue weighted by atomic mass is 16.3. The first-order valence-electron chi connectivity index (χ1n) is 6.75. The number of hydrogen-bond donors (Lipinski definition) is 2. The number of allylic oxidation sites excluding steroid dienone is 3. The van der Waals surface area contributed by atoms with Crippen molar-refractivity contribution in [3.8, 4) is 5.88 Å². The van der Waals surface area contributed by atoms with Crippen molar-refractivity contribution >= 4 is 23.3 Å². The third kappa shape index (κ3) is 1.69. The van der Waals surface area contributed by atoms with Crippen molar-refractivity contribution in [2.24, 2.45) is 4.99 Å². The van der Waals surface area contributed by atoms with Gasteiger partial charge in [0.1, 0.15) is 5.71 Å². The number of ketones is 1. The maximum Gasteiger partial charge on any atom is 0.214 e. The van der Waals surface area contributed by atoms with Gasteiger partial charge in [0.05, 0.1) is 11.3 Å². The SMILES string of the molecule is O=C1C(c2c(O)[nH]c3c2C=CC=CC3)=Nc2ccccc21. The number of hydrogen-bond acceptors (Lipinski definition) is 3. The fourth-order valence-corrected chi connectivity index (χ4v) is 2.78. The van der Waals surface area contributed by atoms with E-state index in [0.29, 0.717) is 28.9 Å². The minimum Gasteiger partial charge on any atom is -0.494 e. The first-order valence-corrected chi connectivity index (χ1v) is 6.75. The minimum atomic E-state index is -0.145. The summed E-state index contributed by atoms with van der Waals surface area (Å²) in [5, 5.41) is 10.2. The van der Waals surface area contributed by atoms with Crippen LogP contribution in [0.1, 0.15) is 27.2 Å². The number of fused-ring (bicyclic) bond motifs is 2. The number of nitrogens with one attached hydrogen (secondary N) is 1. The van der Waals surface area contributed by atoms with Crippen molar-refractivity contribution in [3.05, 3.63) is 64.9 Å². The summed E-state index contributed by atoms with van der Waals surface area (Å²) in [4.78, 5) is 19.9. The van der Waals surface area contributed by atoms with Crippen molar-refractivity contribution < 1.29 is 9.90 Å². The topological polar surface area (TPSA) is 65.4 Å². The monoisotopic (exact) mass is 276 g/mol. The molecule has 0 fully saturated rings. The molecule has 0 atom stereocenters. The van der Waals surface area contributed by atoms with Gasteiger partial charge >= 0.3 is 0 Å². The van der Waals surface area contributed by atoms with E-state index >= 15 is 0 Å². The number of rotatable bonds is 1. The highest BCUT2D eigenvalue weighted by Crippen LogP contribution is 2.35. The normalized spacial score (nSPS) is 15.6. The Morgan fingerprint density at radius 1 is 1.19 bits per heavy atom. The highest BCUT2D eigenvalue weighted by Gasteiger charge is 2.30. The first kappa shape index (κ1) is 11.9. The quantitative estimate of drug-likeness (QED) is 0.840. The third-order valence-electron chi connectivity index (χ3n) is 3.77. The summed E-state index contributed by atoms with van der Waals surface area (Å²) in [5.41, 5.74) is 3.75. The van der Waals surface area contributed by atoms with Crippen LogP contribution in [-0.2, 0) is 6.42 Å². The fraction of sp³-hybridized carbons (Fsp3) is 0.0588. The molecule has 0 unspecified atom stereocenters. The molecule has 0 saturated heterocycles. The molecule has 0 saturated carbocycles. The molecule has 0 amide bonds. The van der Waals surface area contributed by atoms with Crippen molar-refractivity contribution in [3.63, 3.8) is 0 Å². The summed E-state index contributed by atoms with van der Waals surface area (Å²) in [5.74, 6) is -0.145. The summed E-state index contributed by atoms with van der Waals surface area (Å²) in [6.45, 7) is 0. The summed E-state index contributed by atoms with van der Waals surface area (Å²) in [6.07, 6.45) is 8.42. The number of nitrogens with zero attached hydrogens (tertiary/aromatic N) is 1. The molecule has 4 heteroatoms. The van der Waals surface area contributed by atoms with Gasteiger partial charge in [-0.1, -0.05) is 36.4 Å². The van der Waals surface area contributed by atoms with Gasteiger partial charge in [-0.15, -0.1) is 0 Å². The maximum atomic E-state index is 12.5. The van der Waals surface area contributed by atoms with Crippen molar-refractivity contribution in [1.29, 1.82) is 0 Å². The largest absolute Gasteiger partial charge is 0.494 e. The molecule has 2 heterocycles. The molecule has 2 aromatic rings. The Labute approximate surface area is 121 Å². The maximum absolute atomic E-state index is 12.5. The van der Waals surface area contributed by atoms with Crippen molar-refractivity contribution in [1.82, 2.24) is 4.98 Å². The molecule has 0 radical (unpaired) electrons. The van der Waals surface area contributed by atoms with E-state index in [1.807, 2.05) is 36.4 Å². The zero-order valence-corrected chi connectivity index (χ0v) is 11.1. The summed E-state index contributed by atoms with van der Waals surface area (Å²) < 4.78 is 0. The molecule has 2 N–H and O–H groups in total. The minimum absolute atomic E-state index is 0.000133. The molecule has 21 heavy (non-hydrogen) atoms. The predicted octanol–water partition coefficient (Wildman–Crippen LogP) is 3.16. The lowest BCUT2D eigenvalue weighted by molar-refractivity contribution is 0.107. The van der Waals surface area contributed by atoms with Crippen molar-refractivity contribution in [2.45, 2.75) is 6.42 Å². The number of aromatic nitrogens is 1. The van der Waals surface area contributed by atoms with E-state index in [0.717, 1.165) is 11.3 Å². The summed E-state index contributed by atoms with van der Waals surface area (Å²) in [7, 11) is 0. The number of carbonyl (C=O) groups is 1. The van der Waals surface area contributed by atoms with Crippen molar-refractivity contribution in [2.75, 3.05) is 0 Å². The number of Topliss-reactive ketones (excluding diaryl/α,β-unsaturated/α-hetero) is 1. The second kappa shape index (κ2) is 4.31. The van der Waals surface area contributed by atoms with Crippen LogP contribution in [0.25, 0.3) is 6.08 Å². The van der Waals surface area contributed by atoms with Crippen LogP contribution < -0.4 is 0 Å². The molecular weight excluding hydrogens is 264 g/mol. The van der Waals surface area contributed by atoms with E-state index in [4.69, 9.17) is 0 Å². The molecule has 1 aliphatic carbocycles. The Balaban J connectivity index is 1.91. The van der Waals surface area contributed by atoms with E-state index in [-0.39, 0.29) is 11.7 Å². The number of para-hydroxylation sites is 1. The Hall–Kier alpha value is -2.88. The number of aromatic hydroxyl groups is 1. The number of benzene rings is 1. The Morgan fingerprint density at radius 2 is 2.05 bits per heavy atom. The molecule has 1 aromatic heterocycles. The first-order chi connectivity index (χ1) is 10.3. The lowest BCUT2D eigenvalue weighted by Gasteiger charge is -2.00. The number of aliphatic imine (C=N–C) groups is 1. The second-order valence-corrected chi connectivity index (χ2v) is 5.04. The van der Waals surface area contributed by atoms with Gasteiger partial charge in [-0.25, -0.2) is 4.99 Å². The smallest absolute Gasteiger partial charge is 0.214 e. The van der Waals surface area contributed by atoms with E-state index in [1.165, 1.54) is 0 Å². The lowest BCUT2D eigenvalue weighted by Crippen LogP contribution is -2.11. The molecule has 1 aliphatic heterocycles. The Bertz CT molecular complexity index is 854. The van der Waals surface area contributed by atoms with Gasteiger partial charge in [0.2, 0.25) is 5.78 Å². The van der Waals surface area contributed by atoms with Crippen LogP contribution in [0.15, 0.2) is 47.5 Å². The highest BCUT2D eigenvalue weighted by molar-refractivity contribution is 6.55. The van der Waals surface area contributed by atoms with Gasteiger partial charge in [0, 0.05) is 23.2 Å². The van der Waals surface area contributed by atoms with Gasteiger partial charge in [-0.3, -0.25) is 4.79 Å². The molecule has 0 spiro atoms. The van der Waals surface area contributed by atoms with Crippen LogP contribution in [0.2, 0.25) is 0 Å². The average molecular weight is 276 g/mol. The summed E-state index contributed by atoms with van der Waals surface area (Å²) >= 11 is 0. The molecule has 4 rings (SSSR count). The van der Waals surface area contributed by atoms with Crippen LogP contribution in [0.3, 0.4) is 0 Å². The average Bonchev–Trinajstić information content (AvgIpc) is 2.86. The van der Waals surface area contributed by atoms with Crippen LogP contribution in [0, 0.1) is 0 Å². The Kier molecular flexibility index (Phi) is 2.44. The van der Waals surface area contributed by atoms with E-state index in [1.54, 1.807) is 12.1 Å². The summed E-state index contributed by atoms with van der Waals surface area (Å²) in [6, 6.07) is 7.23. The number of H-pyrrole nitrogens is 1. The lowest BCUT2D eigenvalue weighted by atomic mass is 10.00. The molecule has 0 bridgehead atoms. The van der Waals surface area contributed by atoms with Gasteiger partial charge < -0.3 is 10.1 Å². The molecule has 2 aliphatic rings. The van der Waals surface area contributed by atoms with E-state index in [9.17, 15) is 9.90 Å². The van der Waals surface area contributed by atoms with Crippen LogP contribution >= 0.6 is 0 Å². The van der Waals surface area contributed by atoms with Gasteiger partial charge in [-0.05, 0) is 12.1 Å². The fourth-order valence-electron chi connectivity index (χ4n) is 2.78. The van der Waals surface area contributed by atoms with Crippen LogP contribution in [0.4, 0.5) is 5.69 Å². The van der Waals surface area contributed by atoms with Crippen LogP contribution in [-0.4, -0.2) is 21.6 Å². The molecule has 4 nitrogen and oxygen atoms in total. The zero-order chi connectivity index (χ0) is 14.4. The number of aromatic amines is 1.